The van der Waals surface area contributed by atoms with E-state index in [9.17, 15) is 13.6 Å². The number of nitriles is 1. The van der Waals surface area contributed by atoms with Crippen LogP contribution >= 0.6 is 11.6 Å². The molecule has 3 rings (SSSR count). The monoisotopic (exact) mass is 441 g/mol. The number of carbonyl (C=O) groups is 1. The van der Waals surface area contributed by atoms with E-state index in [4.69, 9.17) is 16.9 Å². The Labute approximate surface area is 182 Å². The van der Waals surface area contributed by atoms with E-state index in [-0.39, 0.29) is 24.6 Å². The lowest BCUT2D eigenvalue weighted by Crippen LogP contribution is -2.18. The molecule has 0 atom stereocenters. The van der Waals surface area contributed by atoms with E-state index in [2.05, 4.69) is 20.6 Å². The predicted molar refractivity (Wildman–Crippen MR) is 112 cm³/mol. The number of hydrogen-bond acceptors (Lipinski definition) is 5. The lowest BCUT2D eigenvalue weighted by atomic mass is 10.1. The molecule has 1 amide bonds. The molecule has 2 N–H and O–H groups in total. The topological polar surface area (TPSA) is 90.7 Å². The fourth-order valence-electron chi connectivity index (χ4n) is 2.81. The minimum Gasteiger partial charge on any atom is -0.326 e. The van der Waals surface area contributed by atoms with E-state index in [0.29, 0.717) is 34.9 Å². The highest BCUT2D eigenvalue weighted by Gasteiger charge is 2.09. The molecule has 0 saturated carbocycles. The molecule has 0 aliphatic carbocycles. The summed E-state index contributed by atoms with van der Waals surface area (Å²) < 4.78 is 26.6. The highest BCUT2D eigenvalue weighted by Crippen LogP contribution is 2.21. The number of nitrogens with zero attached hydrogens (tertiary/aromatic N) is 3. The van der Waals surface area contributed by atoms with Crippen molar-refractivity contribution in [2.75, 3.05) is 11.9 Å². The van der Waals surface area contributed by atoms with Crippen LogP contribution in [0.15, 0.2) is 48.8 Å². The van der Waals surface area contributed by atoms with Crippen molar-refractivity contribution in [3.05, 3.63) is 88.0 Å². The van der Waals surface area contributed by atoms with Gasteiger partial charge in [-0.3, -0.25) is 9.78 Å². The maximum absolute atomic E-state index is 13.6. The number of nitrogens with one attached hydrogen (secondary N) is 2. The number of halogens is 3. The summed E-state index contributed by atoms with van der Waals surface area (Å²) in [5.41, 5.74) is 2.43. The Morgan fingerprint density at radius 2 is 1.90 bits per heavy atom. The molecule has 9 heteroatoms. The average molecular weight is 442 g/mol. The molecule has 0 aliphatic rings. The van der Waals surface area contributed by atoms with Gasteiger partial charge < -0.3 is 10.6 Å². The third-order valence-corrected chi connectivity index (χ3v) is 4.75. The molecule has 1 heterocycles. The molecule has 1 aromatic heterocycles. The summed E-state index contributed by atoms with van der Waals surface area (Å²) in [6.07, 6.45) is 3.31. The van der Waals surface area contributed by atoms with Gasteiger partial charge in [-0.15, -0.1) is 0 Å². The summed E-state index contributed by atoms with van der Waals surface area (Å²) in [7, 11) is 0. The van der Waals surface area contributed by atoms with Crippen LogP contribution in [-0.4, -0.2) is 22.4 Å². The molecule has 0 radical (unpaired) electrons. The largest absolute Gasteiger partial charge is 0.326 e. The Bertz CT molecular complexity index is 1120. The first-order valence-corrected chi connectivity index (χ1v) is 9.76. The maximum atomic E-state index is 13.6. The molecule has 2 aromatic carbocycles. The predicted octanol–water partition coefficient (Wildman–Crippen LogP) is 3.79. The van der Waals surface area contributed by atoms with Gasteiger partial charge in [0.05, 0.1) is 24.5 Å². The molecule has 31 heavy (non-hydrogen) atoms. The third-order valence-electron chi connectivity index (χ3n) is 4.40. The van der Waals surface area contributed by atoms with Crippen molar-refractivity contribution in [3.8, 4) is 6.07 Å². The van der Waals surface area contributed by atoms with Crippen molar-refractivity contribution in [2.24, 2.45) is 0 Å². The van der Waals surface area contributed by atoms with Crippen LogP contribution in [0.2, 0.25) is 5.02 Å². The van der Waals surface area contributed by atoms with Crippen molar-refractivity contribution >= 4 is 23.2 Å². The molecule has 0 bridgehead atoms. The Morgan fingerprint density at radius 3 is 2.58 bits per heavy atom. The average Bonchev–Trinajstić information content (AvgIpc) is 2.74. The number of carbonyl (C=O) groups excluding carboxylic acids is 1. The van der Waals surface area contributed by atoms with Crippen LogP contribution in [0, 0.1) is 23.0 Å². The van der Waals surface area contributed by atoms with Crippen LogP contribution < -0.4 is 10.6 Å². The fraction of sp³-hybridized carbons (Fsp3) is 0.182. The van der Waals surface area contributed by atoms with E-state index in [0.717, 1.165) is 11.6 Å². The first kappa shape index (κ1) is 22.3. The van der Waals surface area contributed by atoms with Gasteiger partial charge in [0.15, 0.2) is 5.69 Å². The number of rotatable bonds is 8. The Balaban J connectivity index is 1.48. The van der Waals surface area contributed by atoms with Crippen LogP contribution in [-0.2, 0) is 24.2 Å². The highest BCUT2D eigenvalue weighted by molar-refractivity contribution is 6.31. The zero-order valence-electron chi connectivity index (χ0n) is 16.3. The smallest absolute Gasteiger partial charge is 0.230 e. The molecule has 0 aliphatic heterocycles. The van der Waals surface area contributed by atoms with Crippen molar-refractivity contribution in [1.29, 1.82) is 5.26 Å². The van der Waals surface area contributed by atoms with Gasteiger partial charge in [-0.05, 0) is 36.7 Å². The van der Waals surface area contributed by atoms with E-state index in [1.54, 1.807) is 18.2 Å². The zero-order valence-corrected chi connectivity index (χ0v) is 17.1. The molecular formula is C22H18ClF2N5O. The van der Waals surface area contributed by atoms with Gasteiger partial charge in [0.25, 0.3) is 0 Å². The molecule has 0 spiro atoms. The first-order chi connectivity index (χ1) is 14.9. The second-order valence-electron chi connectivity index (χ2n) is 6.70. The maximum Gasteiger partial charge on any atom is 0.230 e. The molecule has 0 fully saturated rings. The second kappa shape index (κ2) is 10.6. The van der Waals surface area contributed by atoms with Gasteiger partial charge in [-0.2, -0.15) is 5.26 Å². The number of amides is 1. The lowest BCUT2D eigenvalue weighted by molar-refractivity contribution is -0.115. The Hall–Kier alpha value is -3.41. The number of anilines is 1. The standard InChI is InChI=1S/C22H18ClF2N5O/c23-20-8-17(30-22(31)9-18-12-29-19(10-26)13-28-18)4-2-14(20)5-6-27-11-15-1-3-16(24)7-21(15)25/h1-4,7-8,12-13,27H,5-6,9,11H2,(H,30,31). The van der Waals surface area contributed by atoms with Crippen molar-refractivity contribution in [3.63, 3.8) is 0 Å². The van der Waals surface area contributed by atoms with Gasteiger partial charge in [0.2, 0.25) is 5.91 Å². The molecule has 6 nitrogen and oxygen atoms in total. The summed E-state index contributed by atoms with van der Waals surface area (Å²) >= 11 is 6.31. The van der Waals surface area contributed by atoms with Crippen LogP contribution in [0.25, 0.3) is 0 Å². The molecule has 0 unspecified atom stereocenters. The van der Waals surface area contributed by atoms with Crippen molar-refractivity contribution < 1.29 is 13.6 Å². The second-order valence-corrected chi connectivity index (χ2v) is 7.11. The van der Waals surface area contributed by atoms with Gasteiger partial charge in [-0.25, -0.2) is 13.8 Å². The number of hydrogen-bond donors (Lipinski definition) is 2. The molecular weight excluding hydrogens is 424 g/mol. The fourth-order valence-corrected chi connectivity index (χ4v) is 3.09. The SMILES string of the molecule is N#Cc1cnc(CC(=O)Nc2ccc(CCNCc3ccc(F)cc3F)c(Cl)c2)cn1. The number of aromatic nitrogens is 2. The van der Waals surface area contributed by atoms with Crippen molar-refractivity contribution in [1.82, 2.24) is 15.3 Å². The van der Waals surface area contributed by atoms with Gasteiger partial charge in [-0.1, -0.05) is 23.7 Å². The summed E-state index contributed by atoms with van der Waals surface area (Å²) in [6, 6.07) is 10.5. The zero-order chi connectivity index (χ0) is 22.2. The first-order valence-electron chi connectivity index (χ1n) is 9.38. The van der Waals surface area contributed by atoms with E-state index in [1.165, 1.54) is 24.5 Å². The van der Waals surface area contributed by atoms with Crippen molar-refractivity contribution in [2.45, 2.75) is 19.4 Å². The minimum absolute atomic E-state index is 0.0158. The normalized spacial score (nSPS) is 10.5. The summed E-state index contributed by atoms with van der Waals surface area (Å²) in [5.74, 6) is -1.48. The van der Waals surface area contributed by atoms with Gasteiger partial charge >= 0.3 is 0 Å². The van der Waals surface area contributed by atoms with Crippen LogP contribution in [0.1, 0.15) is 22.5 Å². The van der Waals surface area contributed by atoms with Crippen LogP contribution in [0.4, 0.5) is 14.5 Å². The minimum atomic E-state index is -0.606. The van der Waals surface area contributed by atoms with E-state index in [1.807, 2.05) is 6.07 Å². The molecule has 3 aromatic rings. The van der Waals surface area contributed by atoms with E-state index < -0.39 is 11.6 Å². The molecule has 158 valence electrons. The quantitative estimate of drug-likeness (QED) is 0.519. The third kappa shape index (κ3) is 6.54. The Morgan fingerprint density at radius 1 is 1.10 bits per heavy atom. The Kier molecular flexibility index (Phi) is 7.60. The molecule has 0 saturated heterocycles. The van der Waals surface area contributed by atoms with E-state index >= 15 is 0 Å². The van der Waals surface area contributed by atoms with Crippen LogP contribution in [0.5, 0.6) is 0 Å². The lowest BCUT2D eigenvalue weighted by Gasteiger charge is -2.10. The number of benzene rings is 2. The summed E-state index contributed by atoms with van der Waals surface area (Å²) in [5, 5.41) is 15.0. The summed E-state index contributed by atoms with van der Waals surface area (Å²) in [4.78, 5) is 20.1. The summed E-state index contributed by atoms with van der Waals surface area (Å²) in [6.45, 7) is 0.815. The highest BCUT2D eigenvalue weighted by atomic mass is 35.5. The van der Waals surface area contributed by atoms with Gasteiger partial charge in [0.1, 0.15) is 17.7 Å². The van der Waals surface area contributed by atoms with Gasteiger partial charge in [0, 0.05) is 28.9 Å². The van der Waals surface area contributed by atoms with Crippen LogP contribution in [0.3, 0.4) is 0 Å².